The fraction of sp³-hybridized carbons (Fsp3) is 0.333. The number of nitrogens with one attached hydrogen (secondary N) is 3. The van der Waals surface area contributed by atoms with Gasteiger partial charge in [-0.3, -0.25) is 4.79 Å². The lowest BCUT2D eigenvalue weighted by atomic mass is 10.1. The minimum Gasteiger partial charge on any atom is -0.352 e. The molecule has 0 aliphatic heterocycles. The molecule has 0 saturated heterocycles. The van der Waals surface area contributed by atoms with Crippen molar-refractivity contribution in [1.82, 2.24) is 10.6 Å². The molecule has 0 radical (unpaired) electrons. The van der Waals surface area contributed by atoms with Gasteiger partial charge in [0, 0.05) is 29.2 Å². The van der Waals surface area contributed by atoms with E-state index in [2.05, 4.69) is 16.0 Å². The van der Waals surface area contributed by atoms with E-state index in [4.69, 9.17) is 0 Å². The molecule has 0 aliphatic rings. The van der Waals surface area contributed by atoms with Gasteiger partial charge in [-0.05, 0) is 48.1 Å². The molecule has 0 atom stereocenters. The predicted molar refractivity (Wildman–Crippen MR) is 98.7 cm³/mol. The Labute approximate surface area is 146 Å². The number of carbonyl (C=O) groups excluding carboxylic acids is 2. The number of hydrogen-bond acceptors (Lipinski definition) is 3. The van der Waals surface area contributed by atoms with E-state index >= 15 is 0 Å². The Kier molecular flexibility index (Phi) is 6.81. The molecule has 1 aromatic carbocycles. The zero-order chi connectivity index (χ0) is 17.4. The van der Waals surface area contributed by atoms with Crippen LogP contribution >= 0.6 is 11.3 Å². The molecule has 5 nitrogen and oxygen atoms in total. The number of anilines is 1. The van der Waals surface area contributed by atoms with E-state index in [9.17, 15) is 9.59 Å². The Morgan fingerprint density at radius 2 is 1.83 bits per heavy atom. The number of benzene rings is 1. The van der Waals surface area contributed by atoms with Crippen molar-refractivity contribution in [3.8, 4) is 0 Å². The number of thiophene rings is 1. The van der Waals surface area contributed by atoms with Crippen molar-refractivity contribution in [1.29, 1.82) is 0 Å². The van der Waals surface area contributed by atoms with Crippen LogP contribution in [0.3, 0.4) is 0 Å². The average molecular weight is 345 g/mol. The first-order valence-electron chi connectivity index (χ1n) is 8.00. The van der Waals surface area contributed by atoms with Crippen molar-refractivity contribution in [2.45, 2.75) is 20.3 Å². The van der Waals surface area contributed by atoms with Crippen LogP contribution in [0.1, 0.15) is 29.1 Å². The molecular formula is C18H23N3O2S. The number of hydrogen-bond donors (Lipinski definition) is 3. The molecule has 24 heavy (non-hydrogen) atoms. The molecule has 1 aromatic heterocycles. The van der Waals surface area contributed by atoms with E-state index in [0.717, 1.165) is 6.42 Å². The lowest BCUT2D eigenvalue weighted by Gasteiger charge is -2.09. The quantitative estimate of drug-likeness (QED) is 0.719. The Hall–Kier alpha value is -2.34. The van der Waals surface area contributed by atoms with E-state index < -0.39 is 0 Å². The van der Waals surface area contributed by atoms with Gasteiger partial charge in [0.1, 0.15) is 0 Å². The number of carbonyl (C=O) groups is 2. The van der Waals surface area contributed by atoms with Crippen LogP contribution in [-0.2, 0) is 6.42 Å². The van der Waals surface area contributed by atoms with Crippen LogP contribution in [0.25, 0.3) is 0 Å². The molecule has 2 aromatic rings. The molecule has 0 unspecified atom stereocenters. The first-order chi connectivity index (χ1) is 11.5. The third-order valence-electron chi connectivity index (χ3n) is 3.31. The second-order valence-electron chi connectivity index (χ2n) is 5.89. The first kappa shape index (κ1) is 18.0. The first-order valence-corrected chi connectivity index (χ1v) is 8.88. The van der Waals surface area contributed by atoms with Gasteiger partial charge in [0.25, 0.3) is 5.91 Å². The summed E-state index contributed by atoms with van der Waals surface area (Å²) in [5, 5.41) is 10.5. The predicted octanol–water partition coefficient (Wildman–Crippen LogP) is 3.50. The summed E-state index contributed by atoms with van der Waals surface area (Å²) in [5.74, 6) is 0.309. The van der Waals surface area contributed by atoms with Gasteiger partial charge < -0.3 is 16.0 Å². The van der Waals surface area contributed by atoms with Gasteiger partial charge in [-0.1, -0.05) is 19.9 Å². The Balaban J connectivity index is 1.76. The van der Waals surface area contributed by atoms with Crippen LogP contribution in [0, 0.1) is 5.92 Å². The van der Waals surface area contributed by atoms with Gasteiger partial charge >= 0.3 is 6.03 Å². The van der Waals surface area contributed by atoms with E-state index in [1.54, 1.807) is 35.6 Å². The highest BCUT2D eigenvalue weighted by atomic mass is 32.1. The maximum Gasteiger partial charge on any atom is 0.319 e. The maximum absolute atomic E-state index is 11.9. The Morgan fingerprint density at radius 1 is 1.08 bits per heavy atom. The monoisotopic (exact) mass is 345 g/mol. The van der Waals surface area contributed by atoms with E-state index in [1.165, 1.54) is 4.88 Å². The minimum atomic E-state index is -0.247. The van der Waals surface area contributed by atoms with Gasteiger partial charge in [0.15, 0.2) is 0 Å². The SMILES string of the molecule is CC(C)CNC(=O)c1ccc(NC(=O)NCCc2cccs2)cc1. The highest BCUT2D eigenvalue weighted by molar-refractivity contribution is 7.09. The number of urea groups is 1. The van der Waals surface area contributed by atoms with Crippen LogP contribution in [0.4, 0.5) is 10.5 Å². The molecule has 0 spiro atoms. The zero-order valence-electron chi connectivity index (χ0n) is 14.0. The van der Waals surface area contributed by atoms with E-state index in [0.29, 0.717) is 30.3 Å². The molecule has 3 N–H and O–H groups in total. The van der Waals surface area contributed by atoms with Gasteiger partial charge in [0.05, 0.1) is 0 Å². The third-order valence-corrected chi connectivity index (χ3v) is 4.25. The maximum atomic E-state index is 11.9. The second kappa shape index (κ2) is 9.08. The van der Waals surface area contributed by atoms with Gasteiger partial charge in [0.2, 0.25) is 0 Å². The molecule has 1 heterocycles. The summed E-state index contributed by atoms with van der Waals surface area (Å²) in [7, 11) is 0. The zero-order valence-corrected chi connectivity index (χ0v) is 14.8. The fourth-order valence-electron chi connectivity index (χ4n) is 2.03. The third kappa shape index (κ3) is 6.04. The van der Waals surface area contributed by atoms with Crippen molar-refractivity contribution >= 4 is 29.0 Å². The lowest BCUT2D eigenvalue weighted by molar-refractivity contribution is 0.0949. The summed E-state index contributed by atoms with van der Waals surface area (Å²) < 4.78 is 0. The summed E-state index contributed by atoms with van der Waals surface area (Å²) in [6.45, 7) is 5.32. The van der Waals surface area contributed by atoms with Crippen molar-refractivity contribution < 1.29 is 9.59 Å². The summed E-state index contributed by atoms with van der Waals surface area (Å²) in [6, 6.07) is 10.7. The summed E-state index contributed by atoms with van der Waals surface area (Å²) >= 11 is 1.68. The Bertz CT molecular complexity index is 651. The number of amides is 3. The van der Waals surface area contributed by atoms with E-state index in [-0.39, 0.29) is 11.9 Å². The van der Waals surface area contributed by atoms with Crippen molar-refractivity contribution in [2.75, 3.05) is 18.4 Å². The molecule has 6 heteroatoms. The topological polar surface area (TPSA) is 70.2 Å². The number of rotatable bonds is 7. The van der Waals surface area contributed by atoms with Crippen LogP contribution < -0.4 is 16.0 Å². The standard InChI is InChI=1S/C18H23N3O2S/c1-13(2)12-20-17(22)14-5-7-15(8-6-14)21-18(23)19-10-9-16-4-3-11-24-16/h3-8,11,13H,9-10,12H2,1-2H3,(H,20,22)(H2,19,21,23). The van der Waals surface area contributed by atoms with Gasteiger partial charge in [-0.25, -0.2) is 4.79 Å². The van der Waals surface area contributed by atoms with Crippen LogP contribution in [0.5, 0.6) is 0 Å². The van der Waals surface area contributed by atoms with Crippen LogP contribution in [-0.4, -0.2) is 25.0 Å². The van der Waals surface area contributed by atoms with Gasteiger partial charge in [-0.2, -0.15) is 0 Å². The molecule has 0 saturated carbocycles. The van der Waals surface area contributed by atoms with Crippen molar-refractivity contribution in [3.05, 3.63) is 52.2 Å². The largest absolute Gasteiger partial charge is 0.352 e. The molecule has 0 bridgehead atoms. The highest BCUT2D eigenvalue weighted by Crippen LogP contribution is 2.10. The highest BCUT2D eigenvalue weighted by Gasteiger charge is 2.07. The second-order valence-corrected chi connectivity index (χ2v) is 6.92. The molecule has 0 fully saturated rings. The van der Waals surface area contributed by atoms with Crippen LogP contribution in [0.15, 0.2) is 41.8 Å². The molecule has 2 rings (SSSR count). The average Bonchev–Trinajstić information content (AvgIpc) is 3.06. The van der Waals surface area contributed by atoms with Crippen molar-refractivity contribution in [3.63, 3.8) is 0 Å². The summed E-state index contributed by atoms with van der Waals surface area (Å²) in [4.78, 5) is 25.0. The summed E-state index contributed by atoms with van der Waals surface area (Å²) in [6.07, 6.45) is 0.819. The molecule has 3 amide bonds. The normalized spacial score (nSPS) is 10.5. The van der Waals surface area contributed by atoms with Crippen LogP contribution in [0.2, 0.25) is 0 Å². The molecular weight excluding hydrogens is 322 g/mol. The smallest absolute Gasteiger partial charge is 0.319 e. The lowest BCUT2D eigenvalue weighted by Crippen LogP contribution is -2.30. The summed E-state index contributed by atoms with van der Waals surface area (Å²) in [5.41, 5.74) is 1.24. The Morgan fingerprint density at radius 3 is 2.46 bits per heavy atom. The molecule has 0 aliphatic carbocycles. The minimum absolute atomic E-state index is 0.101. The fourth-order valence-corrected chi connectivity index (χ4v) is 2.74. The van der Waals surface area contributed by atoms with Gasteiger partial charge in [-0.15, -0.1) is 11.3 Å². The molecule has 128 valence electrons. The van der Waals surface area contributed by atoms with Crippen molar-refractivity contribution in [2.24, 2.45) is 5.92 Å². The van der Waals surface area contributed by atoms with E-state index in [1.807, 2.05) is 31.4 Å².